The van der Waals surface area contributed by atoms with Gasteiger partial charge < -0.3 is 14.7 Å². The standard InChI is InChI=1S/C25H25N3O4S.C2HF3O2/c1-27-21(29)19-18-14-26-24(33-15-17-11-7-4-8-12-17)28(18)25(23(31)32-2,20(19)22(27)30)13-16-9-5-3-6-10-16;3-2(4,5)1(6)7/h3-12,18-20H,13-15H2,1-2H3;(H,6,7)/t18-,19+,20-,25-;/m1./s1. The predicted octanol–water partition coefficient (Wildman–Crippen LogP) is 2.99. The van der Waals surface area contributed by atoms with Crippen molar-refractivity contribution in [1.82, 2.24) is 9.80 Å². The molecular weight excluding hydrogens is 551 g/mol. The fraction of sp³-hybridized carbons (Fsp3) is 0.370. The van der Waals surface area contributed by atoms with Gasteiger partial charge in [0.05, 0.1) is 31.5 Å². The number of aliphatic carboxylic acids is 1. The molecule has 2 aromatic rings. The van der Waals surface area contributed by atoms with Gasteiger partial charge in [0.2, 0.25) is 11.8 Å². The van der Waals surface area contributed by atoms with Gasteiger partial charge in [0, 0.05) is 19.2 Å². The monoisotopic (exact) mass is 577 g/mol. The summed E-state index contributed by atoms with van der Waals surface area (Å²) in [5.74, 6) is -4.60. The third kappa shape index (κ3) is 5.17. The lowest BCUT2D eigenvalue weighted by atomic mass is 9.76. The number of ether oxygens (including phenoxy) is 1. The highest BCUT2D eigenvalue weighted by atomic mass is 32.2. The predicted molar refractivity (Wildman–Crippen MR) is 139 cm³/mol. The van der Waals surface area contributed by atoms with Gasteiger partial charge in [-0.2, -0.15) is 13.2 Å². The summed E-state index contributed by atoms with van der Waals surface area (Å²) in [6.45, 7) is 0.374. The van der Waals surface area contributed by atoms with E-state index in [-0.39, 0.29) is 24.3 Å². The van der Waals surface area contributed by atoms with Crippen LogP contribution in [0, 0.1) is 11.8 Å². The van der Waals surface area contributed by atoms with Crippen LogP contribution >= 0.6 is 11.8 Å². The Morgan fingerprint density at radius 3 is 2.12 bits per heavy atom. The third-order valence-corrected chi connectivity index (χ3v) is 8.25. The molecule has 40 heavy (non-hydrogen) atoms. The first-order valence-corrected chi connectivity index (χ1v) is 13.2. The molecule has 0 unspecified atom stereocenters. The Kier molecular flexibility index (Phi) is 8.24. The number of carboxylic acid groups (broad SMARTS) is 1. The quantitative estimate of drug-likeness (QED) is 0.426. The number of alkyl halides is 3. The smallest absolute Gasteiger partial charge is 0.475 e. The van der Waals surface area contributed by atoms with Crippen molar-refractivity contribution in [3.63, 3.8) is 0 Å². The molecule has 0 bridgehead atoms. The number of imide groups is 1. The van der Waals surface area contributed by atoms with Crippen LogP contribution in [-0.4, -0.2) is 82.3 Å². The lowest BCUT2D eigenvalue weighted by Gasteiger charge is -2.40. The van der Waals surface area contributed by atoms with Gasteiger partial charge in [0.1, 0.15) is 0 Å². The number of hydrogen-bond acceptors (Lipinski definition) is 8. The van der Waals surface area contributed by atoms with E-state index in [0.29, 0.717) is 17.5 Å². The Hall–Kier alpha value is -3.87. The maximum Gasteiger partial charge on any atom is 0.490 e. The number of benzene rings is 2. The van der Waals surface area contributed by atoms with E-state index in [9.17, 15) is 27.6 Å². The number of halogens is 3. The molecule has 3 heterocycles. The molecule has 9 nitrogen and oxygen atoms in total. The minimum absolute atomic E-state index is 0.247. The number of fused-ring (bicyclic) bond motifs is 3. The van der Waals surface area contributed by atoms with E-state index in [1.807, 2.05) is 65.6 Å². The molecule has 3 aliphatic heterocycles. The minimum atomic E-state index is -5.08. The molecule has 2 amide bonds. The van der Waals surface area contributed by atoms with Gasteiger partial charge in [-0.25, -0.2) is 9.59 Å². The fourth-order valence-electron chi connectivity index (χ4n) is 5.50. The van der Waals surface area contributed by atoms with Gasteiger partial charge in [-0.1, -0.05) is 72.4 Å². The van der Waals surface area contributed by atoms with E-state index in [2.05, 4.69) is 0 Å². The zero-order chi connectivity index (χ0) is 29.2. The highest BCUT2D eigenvalue weighted by Gasteiger charge is 2.73. The van der Waals surface area contributed by atoms with Crippen LogP contribution in [0.15, 0.2) is 65.7 Å². The molecule has 13 heteroatoms. The summed E-state index contributed by atoms with van der Waals surface area (Å²) in [4.78, 5) is 56.9. The molecule has 2 aromatic carbocycles. The largest absolute Gasteiger partial charge is 0.490 e. The summed E-state index contributed by atoms with van der Waals surface area (Å²) < 4.78 is 37.1. The normalized spacial score (nSPS) is 25.1. The van der Waals surface area contributed by atoms with Crippen LogP contribution in [0.4, 0.5) is 13.2 Å². The average molecular weight is 578 g/mol. The number of methoxy groups -OCH3 is 1. The van der Waals surface area contributed by atoms with Crippen molar-refractivity contribution < 1.29 is 42.2 Å². The van der Waals surface area contributed by atoms with Crippen molar-refractivity contribution in [1.29, 1.82) is 0 Å². The minimum Gasteiger partial charge on any atom is -0.475 e. The van der Waals surface area contributed by atoms with Crippen molar-refractivity contribution >= 4 is 40.7 Å². The Labute approximate surface area is 232 Å². The lowest BCUT2D eigenvalue weighted by molar-refractivity contribution is -0.192. The number of carbonyl (C=O) groups is 4. The molecule has 2 fully saturated rings. The lowest BCUT2D eigenvalue weighted by Crippen LogP contribution is -2.60. The van der Waals surface area contributed by atoms with Crippen molar-refractivity contribution in [2.45, 2.75) is 29.9 Å². The Morgan fingerprint density at radius 2 is 1.60 bits per heavy atom. The molecule has 3 aliphatic rings. The van der Waals surface area contributed by atoms with Gasteiger partial charge in [-0.3, -0.25) is 19.5 Å². The number of hydrogen-bond donors (Lipinski definition) is 1. The third-order valence-electron chi connectivity index (χ3n) is 7.19. The number of esters is 1. The first-order chi connectivity index (χ1) is 18.9. The van der Waals surface area contributed by atoms with Crippen molar-refractivity contribution in [3.8, 4) is 0 Å². The Balaban J connectivity index is 0.000000470. The summed E-state index contributed by atoms with van der Waals surface area (Å²) in [7, 11) is 2.84. The maximum atomic E-state index is 13.6. The van der Waals surface area contributed by atoms with Crippen LogP contribution in [0.1, 0.15) is 11.1 Å². The first-order valence-electron chi connectivity index (χ1n) is 12.2. The molecule has 212 valence electrons. The second kappa shape index (κ2) is 11.3. The molecule has 0 aromatic heterocycles. The van der Waals surface area contributed by atoms with E-state index < -0.39 is 35.5 Å². The van der Waals surface area contributed by atoms with Crippen LogP contribution in [0.3, 0.4) is 0 Å². The summed E-state index contributed by atoms with van der Waals surface area (Å²) in [5, 5.41) is 7.81. The van der Waals surface area contributed by atoms with E-state index >= 15 is 0 Å². The molecular formula is C27H26F3N3O6S. The molecule has 5 rings (SSSR count). The van der Waals surface area contributed by atoms with Crippen LogP contribution in [0.25, 0.3) is 0 Å². The molecule has 0 saturated carbocycles. The average Bonchev–Trinajstić information content (AvgIpc) is 3.55. The molecule has 0 spiro atoms. The van der Waals surface area contributed by atoms with Gasteiger partial charge in [0.15, 0.2) is 10.7 Å². The summed E-state index contributed by atoms with van der Waals surface area (Å²) in [6.07, 6.45) is -4.82. The number of carbonyl (C=O) groups excluding carboxylic acids is 3. The molecule has 4 atom stereocenters. The molecule has 2 saturated heterocycles. The maximum absolute atomic E-state index is 13.6. The number of thioether (sulfide) groups is 1. The number of nitrogens with zero attached hydrogens (tertiary/aromatic N) is 3. The second-order valence-corrected chi connectivity index (χ2v) is 10.4. The first kappa shape index (κ1) is 29.1. The van der Waals surface area contributed by atoms with Crippen molar-refractivity contribution in [2.75, 3.05) is 20.7 Å². The number of carboxylic acids is 1. The Bertz CT molecular complexity index is 1320. The van der Waals surface area contributed by atoms with Crippen molar-refractivity contribution in [2.24, 2.45) is 16.8 Å². The summed E-state index contributed by atoms with van der Waals surface area (Å²) in [5.41, 5.74) is 0.699. The second-order valence-electron chi connectivity index (χ2n) is 9.45. The van der Waals surface area contributed by atoms with Crippen LogP contribution < -0.4 is 0 Å². The van der Waals surface area contributed by atoms with Crippen LogP contribution in [0.5, 0.6) is 0 Å². The SMILES string of the molecule is COC(=O)[C@@]1(Cc2ccccc2)[C@H]2C(=O)N(C)C(=O)[C@H]2[C@H]2CN=C(SCc3ccccc3)N21.O=C(O)C(F)(F)F. The molecule has 0 radical (unpaired) electrons. The van der Waals surface area contributed by atoms with E-state index in [1.165, 1.54) is 30.8 Å². The van der Waals surface area contributed by atoms with E-state index in [0.717, 1.165) is 11.1 Å². The van der Waals surface area contributed by atoms with Crippen LogP contribution in [0.2, 0.25) is 0 Å². The van der Waals surface area contributed by atoms with Gasteiger partial charge in [0.25, 0.3) is 0 Å². The highest BCUT2D eigenvalue weighted by molar-refractivity contribution is 8.13. The van der Waals surface area contributed by atoms with Gasteiger partial charge in [-0.15, -0.1) is 0 Å². The summed E-state index contributed by atoms with van der Waals surface area (Å²) in [6, 6.07) is 19.2. The van der Waals surface area contributed by atoms with Crippen molar-refractivity contribution in [3.05, 3.63) is 71.8 Å². The van der Waals surface area contributed by atoms with Gasteiger partial charge >= 0.3 is 18.1 Å². The summed E-state index contributed by atoms with van der Waals surface area (Å²) >= 11 is 1.53. The van der Waals surface area contributed by atoms with Crippen LogP contribution in [-0.2, 0) is 36.1 Å². The number of amides is 2. The Morgan fingerprint density at radius 1 is 1.05 bits per heavy atom. The van der Waals surface area contributed by atoms with E-state index in [1.54, 1.807) is 0 Å². The number of amidine groups is 1. The number of likely N-dealkylation sites (tertiary alicyclic amines) is 1. The zero-order valence-corrected chi connectivity index (χ0v) is 22.3. The molecule has 0 aliphatic carbocycles. The topological polar surface area (TPSA) is 117 Å². The number of rotatable bonds is 5. The van der Waals surface area contributed by atoms with Gasteiger partial charge in [-0.05, 0) is 11.1 Å². The fourth-order valence-corrected chi connectivity index (χ4v) is 6.59. The number of aliphatic imine (C=N–C) groups is 1. The highest BCUT2D eigenvalue weighted by Crippen LogP contribution is 2.53. The zero-order valence-electron chi connectivity index (χ0n) is 21.5. The molecule has 1 N–H and O–H groups in total. The van der Waals surface area contributed by atoms with E-state index in [4.69, 9.17) is 19.6 Å².